The number of hydrogen-bond donors (Lipinski definition) is 0. The minimum absolute atomic E-state index is 0.0685. The largest absolute Gasteiger partial charge is 0.433 e. The molecule has 5 nitrogen and oxygen atoms in total. The number of halogens is 3. The van der Waals surface area contributed by atoms with Crippen LogP contribution in [0.15, 0.2) is 36.5 Å². The summed E-state index contributed by atoms with van der Waals surface area (Å²) in [6, 6.07) is 8.03. The predicted octanol–water partition coefficient (Wildman–Crippen LogP) is 4.35. The van der Waals surface area contributed by atoms with Gasteiger partial charge in [0.2, 0.25) is 0 Å². The van der Waals surface area contributed by atoms with Crippen LogP contribution >= 0.6 is 0 Å². The smallest absolute Gasteiger partial charge is 0.338 e. The van der Waals surface area contributed by atoms with Gasteiger partial charge < -0.3 is 4.90 Å². The molecule has 1 aromatic carbocycles. The van der Waals surface area contributed by atoms with Crippen molar-refractivity contribution in [1.29, 1.82) is 0 Å². The molecular formula is C20H19F3N4O. The zero-order chi connectivity index (χ0) is 19.9. The Labute approximate surface area is 159 Å². The Bertz CT molecular complexity index is 1020. The number of carbonyl (C=O) groups is 1. The van der Waals surface area contributed by atoms with Gasteiger partial charge >= 0.3 is 6.18 Å². The van der Waals surface area contributed by atoms with E-state index in [0.29, 0.717) is 18.7 Å². The molecule has 1 fully saturated rings. The predicted molar refractivity (Wildman–Crippen MR) is 97.9 cm³/mol. The van der Waals surface area contributed by atoms with Crippen molar-refractivity contribution in [3.8, 4) is 11.3 Å². The van der Waals surface area contributed by atoms with E-state index in [4.69, 9.17) is 0 Å². The molecule has 0 N–H and O–H groups in total. The van der Waals surface area contributed by atoms with Crippen molar-refractivity contribution < 1.29 is 18.0 Å². The van der Waals surface area contributed by atoms with E-state index in [1.165, 1.54) is 6.20 Å². The first-order chi connectivity index (χ1) is 13.3. The van der Waals surface area contributed by atoms with Gasteiger partial charge in [-0.3, -0.25) is 4.79 Å². The van der Waals surface area contributed by atoms with Gasteiger partial charge in [0.1, 0.15) is 5.56 Å². The third kappa shape index (κ3) is 3.34. The number of hydrogen-bond acceptors (Lipinski definition) is 3. The number of likely N-dealkylation sites (tertiary alicyclic amines) is 1. The molecule has 3 aromatic rings. The van der Waals surface area contributed by atoms with Gasteiger partial charge in [0.15, 0.2) is 11.3 Å². The molecule has 146 valence electrons. The lowest BCUT2D eigenvalue weighted by atomic mass is 10.1. The number of carbonyl (C=O) groups excluding carboxylic acids is 1. The lowest BCUT2D eigenvalue weighted by molar-refractivity contribution is -0.142. The van der Waals surface area contributed by atoms with Crippen molar-refractivity contribution in [2.75, 3.05) is 13.1 Å². The molecule has 2 aromatic heterocycles. The molecule has 3 heterocycles. The highest BCUT2D eigenvalue weighted by Crippen LogP contribution is 2.33. The van der Waals surface area contributed by atoms with Gasteiger partial charge in [-0.25, -0.2) is 9.50 Å². The fraction of sp³-hybridized carbons (Fsp3) is 0.350. The summed E-state index contributed by atoms with van der Waals surface area (Å²) >= 11 is 0. The van der Waals surface area contributed by atoms with Crippen molar-refractivity contribution in [2.45, 2.75) is 32.4 Å². The molecule has 0 aliphatic carbocycles. The summed E-state index contributed by atoms with van der Waals surface area (Å²) in [6.45, 7) is 3.09. The van der Waals surface area contributed by atoms with E-state index in [1.54, 1.807) is 17.0 Å². The van der Waals surface area contributed by atoms with Crippen LogP contribution in [0.5, 0.6) is 0 Å². The fourth-order valence-electron chi connectivity index (χ4n) is 3.46. The maximum atomic E-state index is 13.7. The first kappa shape index (κ1) is 18.5. The van der Waals surface area contributed by atoms with Crippen LogP contribution in [0.25, 0.3) is 16.9 Å². The Hall–Kier alpha value is -2.90. The Kier molecular flexibility index (Phi) is 4.56. The van der Waals surface area contributed by atoms with Crippen molar-refractivity contribution in [3.63, 3.8) is 0 Å². The van der Waals surface area contributed by atoms with Crippen molar-refractivity contribution >= 4 is 11.6 Å². The van der Waals surface area contributed by atoms with E-state index in [2.05, 4.69) is 10.1 Å². The van der Waals surface area contributed by atoms with Crippen molar-refractivity contribution in [3.05, 3.63) is 53.3 Å². The van der Waals surface area contributed by atoms with Crippen LogP contribution in [0.1, 0.15) is 40.9 Å². The number of aromatic nitrogens is 3. The highest BCUT2D eigenvalue weighted by molar-refractivity contribution is 6.00. The summed E-state index contributed by atoms with van der Waals surface area (Å²) in [5.74, 6) is -0.323. The second-order valence-electron chi connectivity index (χ2n) is 7.04. The summed E-state index contributed by atoms with van der Waals surface area (Å²) in [7, 11) is 0. The molecule has 0 unspecified atom stereocenters. The van der Waals surface area contributed by atoms with Crippen molar-refractivity contribution in [1.82, 2.24) is 19.5 Å². The average Bonchev–Trinajstić information content (AvgIpc) is 3.11. The molecule has 1 amide bonds. The van der Waals surface area contributed by atoms with Gasteiger partial charge in [-0.2, -0.15) is 18.3 Å². The number of benzene rings is 1. The number of rotatable bonds is 2. The summed E-state index contributed by atoms with van der Waals surface area (Å²) in [5, 5.41) is 3.84. The van der Waals surface area contributed by atoms with Gasteiger partial charge in [0, 0.05) is 18.7 Å². The number of amides is 1. The SMILES string of the molecule is Cc1ccc(-c2cc(C(F)(F)F)n3ncc(C(=O)N4CCCCC4)c3n2)cc1. The molecule has 4 rings (SSSR count). The Balaban J connectivity index is 1.87. The van der Waals surface area contributed by atoms with Crippen LogP contribution in [0.3, 0.4) is 0 Å². The normalized spacial score (nSPS) is 15.2. The van der Waals surface area contributed by atoms with Gasteiger partial charge in [-0.1, -0.05) is 29.8 Å². The second kappa shape index (κ2) is 6.92. The first-order valence-corrected chi connectivity index (χ1v) is 9.17. The third-order valence-corrected chi connectivity index (χ3v) is 4.98. The molecule has 0 atom stereocenters. The summed E-state index contributed by atoms with van der Waals surface area (Å²) in [6.07, 6.45) is -0.611. The second-order valence-corrected chi connectivity index (χ2v) is 7.04. The lowest BCUT2D eigenvalue weighted by Crippen LogP contribution is -2.35. The molecule has 8 heteroatoms. The van der Waals surface area contributed by atoms with Gasteiger partial charge in [0.25, 0.3) is 5.91 Å². The molecule has 0 bridgehead atoms. The molecule has 1 saturated heterocycles. The van der Waals surface area contributed by atoms with E-state index >= 15 is 0 Å². The molecule has 1 aliphatic rings. The van der Waals surface area contributed by atoms with Gasteiger partial charge in [-0.05, 0) is 32.3 Å². The number of alkyl halides is 3. The Morgan fingerprint density at radius 1 is 1.07 bits per heavy atom. The summed E-state index contributed by atoms with van der Waals surface area (Å²) < 4.78 is 41.7. The quantitative estimate of drug-likeness (QED) is 0.656. The zero-order valence-electron chi connectivity index (χ0n) is 15.3. The fourth-order valence-corrected chi connectivity index (χ4v) is 3.46. The maximum absolute atomic E-state index is 13.7. The highest BCUT2D eigenvalue weighted by atomic mass is 19.4. The van der Waals surface area contributed by atoms with Crippen molar-refractivity contribution in [2.24, 2.45) is 0 Å². The summed E-state index contributed by atoms with van der Waals surface area (Å²) in [4.78, 5) is 18.9. The maximum Gasteiger partial charge on any atom is 0.433 e. The zero-order valence-corrected chi connectivity index (χ0v) is 15.3. The Morgan fingerprint density at radius 2 is 1.75 bits per heavy atom. The summed E-state index contributed by atoms with van der Waals surface area (Å²) in [5.41, 5.74) is 0.781. The number of aryl methyl sites for hydroxylation is 1. The van der Waals surface area contributed by atoms with Crippen LogP contribution in [0, 0.1) is 6.92 Å². The standard InChI is InChI=1S/C20H19F3N4O/c1-13-5-7-14(8-6-13)16-11-17(20(21,22)23)27-18(25-16)15(12-24-27)19(28)26-9-3-2-4-10-26/h5-8,11-12H,2-4,9-10H2,1H3. The van der Waals surface area contributed by atoms with E-state index < -0.39 is 11.9 Å². The minimum atomic E-state index is -4.63. The molecule has 0 spiro atoms. The monoisotopic (exact) mass is 388 g/mol. The van der Waals surface area contributed by atoms with Gasteiger partial charge in [0.05, 0.1) is 11.9 Å². The molecule has 0 radical (unpaired) electrons. The van der Waals surface area contributed by atoms with Gasteiger partial charge in [-0.15, -0.1) is 0 Å². The van der Waals surface area contributed by atoms with Crippen LogP contribution in [0.4, 0.5) is 13.2 Å². The van der Waals surface area contributed by atoms with E-state index in [-0.39, 0.29) is 22.8 Å². The lowest BCUT2D eigenvalue weighted by Gasteiger charge is -2.26. The first-order valence-electron chi connectivity index (χ1n) is 9.17. The number of nitrogens with zero attached hydrogens (tertiary/aromatic N) is 4. The third-order valence-electron chi connectivity index (χ3n) is 4.98. The molecule has 28 heavy (non-hydrogen) atoms. The van der Waals surface area contributed by atoms with Crippen LogP contribution < -0.4 is 0 Å². The Morgan fingerprint density at radius 3 is 2.39 bits per heavy atom. The molecular weight excluding hydrogens is 369 g/mol. The van der Waals surface area contributed by atoms with Crippen LogP contribution in [0.2, 0.25) is 0 Å². The highest BCUT2D eigenvalue weighted by Gasteiger charge is 2.36. The van der Waals surface area contributed by atoms with E-state index in [9.17, 15) is 18.0 Å². The average molecular weight is 388 g/mol. The van der Waals surface area contributed by atoms with Crippen LogP contribution in [-0.4, -0.2) is 38.5 Å². The van der Waals surface area contributed by atoms with Crippen LogP contribution in [-0.2, 0) is 6.18 Å². The number of piperidine rings is 1. The molecule has 1 aliphatic heterocycles. The molecule has 0 saturated carbocycles. The number of fused-ring (bicyclic) bond motifs is 1. The topological polar surface area (TPSA) is 50.5 Å². The minimum Gasteiger partial charge on any atom is -0.338 e. The van der Waals surface area contributed by atoms with E-state index in [0.717, 1.165) is 35.4 Å². The van der Waals surface area contributed by atoms with E-state index in [1.807, 2.05) is 19.1 Å².